The van der Waals surface area contributed by atoms with E-state index in [-0.39, 0.29) is 5.56 Å². The van der Waals surface area contributed by atoms with E-state index in [2.05, 4.69) is 15.9 Å². The van der Waals surface area contributed by atoms with E-state index in [4.69, 9.17) is 23.2 Å². The first-order valence-corrected chi connectivity index (χ1v) is 7.64. The fraction of sp³-hybridized carbons (Fsp3) is 0. The summed E-state index contributed by atoms with van der Waals surface area (Å²) in [6, 6.07) is 8.97. The molecular formula is C16H9BrCl2O3. The van der Waals surface area contributed by atoms with Crippen molar-refractivity contribution >= 4 is 51.0 Å². The first-order chi connectivity index (χ1) is 10.4. The van der Waals surface area contributed by atoms with E-state index in [1.807, 2.05) is 0 Å². The topological polar surface area (TPSA) is 54.4 Å². The monoisotopic (exact) mass is 398 g/mol. The number of hydrogen-bond acceptors (Lipinski definition) is 3. The van der Waals surface area contributed by atoms with Crippen molar-refractivity contribution in [1.82, 2.24) is 0 Å². The Morgan fingerprint density at radius 3 is 2.41 bits per heavy atom. The third-order valence-corrected chi connectivity index (χ3v) is 3.98. The Labute approximate surface area is 144 Å². The molecule has 2 aromatic carbocycles. The van der Waals surface area contributed by atoms with Crippen molar-refractivity contribution < 1.29 is 9.90 Å². The van der Waals surface area contributed by atoms with Gasteiger partial charge in [0.2, 0.25) is 5.43 Å². The minimum Gasteiger partial charge on any atom is -0.504 e. The number of rotatable bonds is 3. The second kappa shape index (κ2) is 7.09. The van der Waals surface area contributed by atoms with Gasteiger partial charge in [-0.1, -0.05) is 45.2 Å². The zero-order valence-electron chi connectivity index (χ0n) is 11.0. The van der Waals surface area contributed by atoms with Crippen molar-refractivity contribution in [3.8, 4) is 5.75 Å². The lowest BCUT2D eigenvalue weighted by Gasteiger charge is -2.01. The Balaban J connectivity index is 2.45. The summed E-state index contributed by atoms with van der Waals surface area (Å²) >= 11 is 15.2. The number of ketones is 1. The van der Waals surface area contributed by atoms with Crippen LogP contribution in [0.5, 0.6) is 5.75 Å². The maximum absolute atomic E-state index is 12.2. The van der Waals surface area contributed by atoms with Crippen LogP contribution in [-0.4, -0.2) is 10.9 Å². The summed E-state index contributed by atoms with van der Waals surface area (Å²) in [6.45, 7) is 0. The molecule has 22 heavy (non-hydrogen) atoms. The van der Waals surface area contributed by atoms with Crippen LogP contribution in [0.1, 0.15) is 15.9 Å². The molecule has 112 valence electrons. The summed E-state index contributed by atoms with van der Waals surface area (Å²) in [5, 5.41) is 10.6. The van der Waals surface area contributed by atoms with Gasteiger partial charge in [-0.25, -0.2) is 0 Å². The molecule has 0 aliphatic carbocycles. The lowest BCUT2D eigenvalue weighted by Crippen LogP contribution is -2.01. The van der Waals surface area contributed by atoms with Crippen molar-refractivity contribution in [2.75, 3.05) is 0 Å². The highest BCUT2D eigenvalue weighted by Crippen LogP contribution is 2.26. The van der Waals surface area contributed by atoms with Gasteiger partial charge in [0.05, 0.1) is 5.56 Å². The summed E-state index contributed by atoms with van der Waals surface area (Å²) < 4.78 is 0.498. The van der Waals surface area contributed by atoms with Gasteiger partial charge in [-0.15, -0.1) is 0 Å². The summed E-state index contributed by atoms with van der Waals surface area (Å²) in [4.78, 5) is 23.8. The first-order valence-electron chi connectivity index (χ1n) is 6.09. The predicted octanol–water partition coefficient (Wildman–Crippen LogP) is 4.72. The molecular weight excluding hydrogens is 391 g/mol. The second-order valence-electron chi connectivity index (χ2n) is 4.32. The normalized spacial score (nSPS) is 10.9. The molecule has 0 atom stereocenters. The number of aromatic hydroxyl groups is 1. The average Bonchev–Trinajstić information content (AvgIpc) is 2.60. The number of hydrogen-bond donors (Lipinski definition) is 1. The van der Waals surface area contributed by atoms with E-state index in [9.17, 15) is 14.7 Å². The Kier molecular flexibility index (Phi) is 5.40. The molecule has 0 fully saturated rings. The molecule has 2 rings (SSSR count). The molecule has 0 aromatic heterocycles. The van der Waals surface area contributed by atoms with Crippen LogP contribution in [0.15, 0.2) is 51.7 Å². The molecule has 3 nitrogen and oxygen atoms in total. The molecule has 0 bridgehead atoms. The highest BCUT2D eigenvalue weighted by molar-refractivity contribution is 9.10. The zero-order valence-corrected chi connectivity index (χ0v) is 14.1. The molecule has 2 aromatic rings. The molecule has 0 saturated heterocycles. The fourth-order valence-corrected chi connectivity index (χ4v) is 2.61. The number of halogens is 3. The van der Waals surface area contributed by atoms with E-state index in [1.54, 1.807) is 18.2 Å². The van der Waals surface area contributed by atoms with Crippen molar-refractivity contribution in [1.29, 1.82) is 0 Å². The molecule has 0 spiro atoms. The van der Waals surface area contributed by atoms with E-state index in [0.717, 1.165) is 0 Å². The summed E-state index contributed by atoms with van der Waals surface area (Å²) in [5.41, 5.74) is -0.264. The van der Waals surface area contributed by atoms with Gasteiger partial charge in [-0.3, -0.25) is 9.59 Å². The summed E-state index contributed by atoms with van der Waals surface area (Å²) in [6.07, 6.45) is 2.64. The zero-order chi connectivity index (χ0) is 16.3. The van der Waals surface area contributed by atoms with Gasteiger partial charge in [0.1, 0.15) is 0 Å². The minimum absolute atomic E-state index is 0.110. The van der Waals surface area contributed by atoms with Crippen LogP contribution < -0.4 is 5.43 Å². The molecule has 6 heteroatoms. The second-order valence-corrected chi connectivity index (χ2v) is 6.05. The number of allylic oxidation sites excluding steroid dienone is 1. The number of carbonyl (C=O) groups is 1. The minimum atomic E-state index is -0.641. The van der Waals surface area contributed by atoms with Gasteiger partial charge in [0.15, 0.2) is 11.5 Å². The Bertz CT molecular complexity index is 812. The summed E-state index contributed by atoms with van der Waals surface area (Å²) in [7, 11) is 0. The Hall–Kier alpha value is -1.62. The highest BCUT2D eigenvalue weighted by atomic mass is 79.9. The van der Waals surface area contributed by atoms with Gasteiger partial charge in [-0.2, -0.15) is 0 Å². The third-order valence-electron chi connectivity index (χ3n) is 2.83. The molecule has 1 N–H and O–H groups in total. The largest absolute Gasteiger partial charge is 0.504 e. The SMILES string of the molecule is O=C(/C=C\c1c(Cl)cccc1Cl)c1cc(Br)ccc(=O)c1O. The van der Waals surface area contributed by atoms with Gasteiger partial charge in [-0.05, 0) is 42.5 Å². The van der Waals surface area contributed by atoms with Crippen LogP contribution in [-0.2, 0) is 0 Å². The van der Waals surface area contributed by atoms with Crippen LogP contribution in [0.2, 0.25) is 10.0 Å². The molecule has 0 radical (unpaired) electrons. The van der Waals surface area contributed by atoms with Crippen molar-refractivity contribution in [2.24, 2.45) is 0 Å². The lowest BCUT2D eigenvalue weighted by atomic mass is 10.1. The van der Waals surface area contributed by atoms with Crippen molar-refractivity contribution in [3.63, 3.8) is 0 Å². The third kappa shape index (κ3) is 3.77. The van der Waals surface area contributed by atoms with Crippen LogP contribution in [0.4, 0.5) is 0 Å². The standard InChI is InChI=1S/C16H9BrCl2O3/c17-9-4-6-15(21)16(22)11(8-9)14(20)7-5-10-12(18)2-1-3-13(10)19/h1-8H,(H,21,22)/b7-5-. The molecule has 0 heterocycles. The van der Waals surface area contributed by atoms with Gasteiger partial charge >= 0.3 is 0 Å². The lowest BCUT2D eigenvalue weighted by molar-refractivity contribution is 0.104. The number of carbonyl (C=O) groups excluding carboxylic acids is 1. The highest BCUT2D eigenvalue weighted by Gasteiger charge is 2.11. The van der Waals surface area contributed by atoms with E-state index in [1.165, 1.54) is 30.4 Å². The van der Waals surface area contributed by atoms with E-state index >= 15 is 0 Å². The average molecular weight is 400 g/mol. The van der Waals surface area contributed by atoms with Gasteiger partial charge < -0.3 is 5.11 Å². The molecule has 0 unspecified atom stereocenters. The molecule has 0 aliphatic heterocycles. The van der Waals surface area contributed by atoms with Gasteiger partial charge in [0, 0.05) is 20.1 Å². The van der Waals surface area contributed by atoms with Crippen LogP contribution in [0.3, 0.4) is 0 Å². The summed E-state index contributed by atoms with van der Waals surface area (Å²) in [5.74, 6) is -1.15. The molecule has 0 amide bonds. The fourth-order valence-electron chi connectivity index (χ4n) is 1.73. The van der Waals surface area contributed by atoms with Crippen molar-refractivity contribution in [3.05, 3.63) is 78.3 Å². The molecule has 0 saturated carbocycles. The van der Waals surface area contributed by atoms with Crippen molar-refractivity contribution in [2.45, 2.75) is 0 Å². The maximum atomic E-state index is 12.2. The van der Waals surface area contributed by atoms with Crippen LogP contribution >= 0.6 is 39.1 Å². The van der Waals surface area contributed by atoms with Gasteiger partial charge in [0.25, 0.3) is 0 Å². The first kappa shape index (κ1) is 16.7. The van der Waals surface area contributed by atoms with Crippen LogP contribution in [0.25, 0.3) is 6.08 Å². The molecule has 0 aliphatic rings. The maximum Gasteiger partial charge on any atom is 0.220 e. The quantitative estimate of drug-likeness (QED) is 0.600. The Morgan fingerprint density at radius 2 is 1.77 bits per heavy atom. The number of benzene rings is 1. The van der Waals surface area contributed by atoms with Crippen LogP contribution in [0, 0.1) is 0 Å². The Morgan fingerprint density at radius 1 is 1.14 bits per heavy atom. The predicted molar refractivity (Wildman–Crippen MR) is 91.9 cm³/mol. The van der Waals surface area contributed by atoms with E-state index in [0.29, 0.717) is 20.1 Å². The van der Waals surface area contributed by atoms with E-state index < -0.39 is 17.0 Å². The smallest absolute Gasteiger partial charge is 0.220 e.